The fourth-order valence-electron chi connectivity index (χ4n) is 1.33. The van der Waals surface area contributed by atoms with Gasteiger partial charge < -0.3 is 9.15 Å². The van der Waals surface area contributed by atoms with Gasteiger partial charge in [-0.1, -0.05) is 6.58 Å². The highest BCUT2D eigenvalue weighted by Gasteiger charge is 2.05. The molecule has 2 rings (SSSR count). The first-order chi connectivity index (χ1) is 8.08. The van der Waals surface area contributed by atoms with Crippen molar-refractivity contribution in [3.8, 4) is 5.75 Å². The zero-order valence-corrected chi connectivity index (χ0v) is 9.32. The molecule has 0 unspecified atom stereocenters. The Morgan fingerprint density at radius 3 is 2.88 bits per heavy atom. The molecule has 17 heavy (non-hydrogen) atoms. The summed E-state index contributed by atoms with van der Waals surface area (Å²) in [6, 6.07) is 6.18. The van der Waals surface area contributed by atoms with Gasteiger partial charge in [0.25, 0.3) is 0 Å². The number of fused-ring (bicyclic) bond motifs is 1. The van der Waals surface area contributed by atoms with Gasteiger partial charge >= 0.3 is 0 Å². The van der Waals surface area contributed by atoms with Gasteiger partial charge in [-0.3, -0.25) is 10.2 Å². The van der Waals surface area contributed by atoms with Crippen LogP contribution in [0.4, 0.5) is 0 Å². The van der Waals surface area contributed by atoms with Crippen LogP contribution in [0, 0.1) is 5.41 Å². The Balaban J connectivity index is 2.44. The lowest BCUT2D eigenvalue weighted by atomic mass is 10.2. The molecule has 1 heterocycles. The molecule has 0 spiro atoms. The second-order valence-electron chi connectivity index (χ2n) is 3.65. The van der Waals surface area contributed by atoms with Crippen LogP contribution in [0.25, 0.3) is 11.0 Å². The molecular weight excluding hydrogens is 218 g/mol. The van der Waals surface area contributed by atoms with Crippen molar-refractivity contribution in [1.82, 2.24) is 0 Å². The van der Waals surface area contributed by atoms with Crippen molar-refractivity contribution in [3.05, 3.63) is 52.9 Å². The van der Waals surface area contributed by atoms with Crippen LogP contribution in [0.1, 0.15) is 6.92 Å². The van der Waals surface area contributed by atoms with Crippen LogP contribution in [0.2, 0.25) is 0 Å². The molecule has 0 aliphatic rings. The minimum atomic E-state index is -0.140. The SMILES string of the molecule is C=C(C)C(=N)Oc1ccc2occc(=O)c2c1. The zero-order valence-electron chi connectivity index (χ0n) is 9.32. The van der Waals surface area contributed by atoms with Crippen molar-refractivity contribution >= 4 is 16.9 Å². The van der Waals surface area contributed by atoms with Gasteiger partial charge in [0.05, 0.1) is 11.6 Å². The number of rotatable bonds is 2. The van der Waals surface area contributed by atoms with Gasteiger partial charge in [0.15, 0.2) is 5.43 Å². The monoisotopic (exact) mass is 229 g/mol. The molecular formula is C13H11NO3. The first-order valence-corrected chi connectivity index (χ1v) is 5.02. The van der Waals surface area contributed by atoms with E-state index in [0.29, 0.717) is 22.3 Å². The third-order valence-corrected chi connectivity index (χ3v) is 2.24. The summed E-state index contributed by atoms with van der Waals surface area (Å²) in [5.74, 6) is 0.397. The predicted molar refractivity (Wildman–Crippen MR) is 65.7 cm³/mol. The van der Waals surface area contributed by atoms with Gasteiger partial charge in [-0.15, -0.1) is 0 Å². The van der Waals surface area contributed by atoms with Crippen molar-refractivity contribution in [2.75, 3.05) is 0 Å². The van der Waals surface area contributed by atoms with Gasteiger partial charge in [0.2, 0.25) is 5.90 Å². The lowest BCUT2D eigenvalue weighted by Crippen LogP contribution is -2.07. The second kappa shape index (κ2) is 4.25. The summed E-state index contributed by atoms with van der Waals surface area (Å²) in [6.45, 7) is 5.28. The number of hydrogen-bond acceptors (Lipinski definition) is 4. The third-order valence-electron chi connectivity index (χ3n) is 2.24. The van der Waals surface area contributed by atoms with E-state index in [1.807, 2.05) is 0 Å². The Hall–Kier alpha value is -2.36. The van der Waals surface area contributed by atoms with Crippen LogP contribution in [-0.2, 0) is 0 Å². The van der Waals surface area contributed by atoms with E-state index in [0.717, 1.165) is 0 Å². The summed E-state index contributed by atoms with van der Waals surface area (Å²) in [5, 5.41) is 7.95. The van der Waals surface area contributed by atoms with E-state index >= 15 is 0 Å². The average Bonchev–Trinajstić information content (AvgIpc) is 2.30. The first kappa shape index (κ1) is 11.1. The van der Waals surface area contributed by atoms with Crippen LogP contribution in [0.15, 0.2) is 51.9 Å². The zero-order chi connectivity index (χ0) is 12.4. The molecule has 0 radical (unpaired) electrons. The highest BCUT2D eigenvalue weighted by atomic mass is 16.5. The smallest absolute Gasteiger partial charge is 0.214 e. The maximum atomic E-state index is 11.6. The summed E-state index contributed by atoms with van der Waals surface area (Å²) in [6.07, 6.45) is 1.35. The normalized spacial score (nSPS) is 10.2. The molecule has 0 amide bonds. The number of nitrogens with one attached hydrogen (secondary N) is 1. The van der Waals surface area contributed by atoms with Gasteiger partial charge in [-0.05, 0) is 25.1 Å². The van der Waals surface area contributed by atoms with Crippen molar-refractivity contribution < 1.29 is 9.15 Å². The molecule has 1 N–H and O–H groups in total. The fraction of sp³-hybridized carbons (Fsp3) is 0.0769. The lowest BCUT2D eigenvalue weighted by molar-refractivity contribution is 0.545. The molecule has 2 aromatic rings. The van der Waals surface area contributed by atoms with Crippen molar-refractivity contribution in [2.24, 2.45) is 0 Å². The quantitative estimate of drug-likeness (QED) is 0.636. The molecule has 0 bridgehead atoms. The fourth-order valence-corrected chi connectivity index (χ4v) is 1.33. The molecule has 4 nitrogen and oxygen atoms in total. The van der Waals surface area contributed by atoms with Crippen molar-refractivity contribution in [3.63, 3.8) is 0 Å². The maximum Gasteiger partial charge on any atom is 0.214 e. The summed E-state index contributed by atoms with van der Waals surface area (Å²) in [4.78, 5) is 11.6. The molecule has 0 atom stereocenters. The standard InChI is InChI=1S/C13H11NO3/c1-8(2)13(14)17-9-3-4-12-10(7-9)11(15)5-6-16-12/h3-7,14H,1H2,2H3. The molecule has 1 aromatic heterocycles. The van der Waals surface area contributed by atoms with E-state index in [1.54, 1.807) is 25.1 Å². The van der Waals surface area contributed by atoms with Crippen molar-refractivity contribution in [1.29, 1.82) is 5.41 Å². The summed E-state index contributed by atoms with van der Waals surface area (Å²) in [7, 11) is 0. The minimum absolute atomic E-state index is 0.0235. The number of benzene rings is 1. The van der Waals surface area contributed by atoms with E-state index in [9.17, 15) is 4.79 Å². The van der Waals surface area contributed by atoms with E-state index in [-0.39, 0.29) is 11.3 Å². The van der Waals surface area contributed by atoms with E-state index in [4.69, 9.17) is 14.6 Å². The summed E-state index contributed by atoms with van der Waals surface area (Å²) in [5.41, 5.74) is 0.871. The van der Waals surface area contributed by atoms with Crippen LogP contribution in [-0.4, -0.2) is 5.90 Å². The summed E-state index contributed by atoms with van der Waals surface area (Å²) >= 11 is 0. The van der Waals surface area contributed by atoms with Crippen LogP contribution >= 0.6 is 0 Å². The highest BCUT2D eigenvalue weighted by Crippen LogP contribution is 2.18. The first-order valence-electron chi connectivity index (χ1n) is 5.02. The molecule has 0 fully saturated rings. The molecule has 0 aliphatic heterocycles. The lowest BCUT2D eigenvalue weighted by Gasteiger charge is -2.06. The Bertz CT molecular complexity index is 655. The molecule has 0 aliphatic carbocycles. The Morgan fingerprint density at radius 2 is 2.18 bits per heavy atom. The largest absolute Gasteiger partial charge is 0.464 e. The van der Waals surface area contributed by atoms with Crippen molar-refractivity contribution in [2.45, 2.75) is 6.92 Å². The van der Waals surface area contributed by atoms with E-state index in [2.05, 4.69) is 6.58 Å². The van der Waals surface area contributed by atoms with Gasteiger partial charge in [0.1, 0.15) is 11.3 Å². The number of hydrogen-bond donors (Lipinski definition) is 1. The third kappa shape index (κ3) is 2.25. The van der Waals surface area contributed by atoms with Gasteiger partial charge in [-0.25, -0.2) is 0 Å². The highest BCUT2D eigenvalue weighted by molar-refractivity contribution is 5.91. The summed E-state index contributed by atoms with van der Waals surface area (Å²) < 4.78 is 10.4. The number of ether oxygens (including phenoxy) is 1. The Labute approximate surface area is 97.6 Å². The maximum absolute atomic E-state index is 11.6. The van der Waals surface area contributed by atoms with Crippen LogP contribution in [0.3, 0.4) is 0 Å². The molecule has 4 heteroatoms. The van der Waals surface area contributed by atoms with Crippen LogP contribution in [0.5, 0.6) is 5.75 Å². The predicted octanol–water partition coefficient (Wildman–Crippen LogP) is 2.73. The molecule has 86 valence electrons. The molecule has 0 saturated heterocycles. The Kier molecular flexibility index (Phi) is 2.78. The van der Waals surface area contributed by atoms with E-state index in [1.165, 1.54) is 12.3 Å². The van der Waals surface area contributed by atoms with E-state index < -0.39 is 0 Å². The topological polar surface area (TPSA) is 63.3 Å². The Morgan fingerprint density at radius 1 is 1.41 bits per heavy atom. The van der Waals surface area contributed by atoms with Gasteiger partial charge in [0, 0.05) is 11.6 Å². The molecule has 0 saturated carbocycles. The van der Waals surface area contributed by atoms with Crippen LogP contribution < -0.4 is 10.2 Å². The average molecular weight is 229 g/mol. The second-order valence-corrected chi connectivity index (χ2v) is 3.65. The van der Waals surface area contributed by atoms with Gasteiger partial charge in [-0.2, -0.15) is 0 Å². The molecule has 1 aromatic carbocycles. The minimum Gasteiger partial charge on any atom is -0.464 e.